The Morgan fingerprint density at radius 2 is 2.24 bits per heavy atom. The van der Waals surface area contributed by atoms with Crippen LogP contribution in [0.2, 0.25) is 5.02 Å². The fourth-order valence-electron chi connectivity index (χ4n) is 2.80. The van der Waals surface area contributed by atoms with Crippen LogP contribution in [0.5, 0.6) is 0 Å². The van der Waals surface area contributed by atoms with E-state index >= 15 is 0 Å². The third-order valence-electron chi connectivity index (χ3n) is 4.25. The van der Waals surface area contributed by atoms with Gasteiger partial charge in [0.1, 0.15) is 18.2 Å². The first-order valence-electron chi connectivity index (χ1n) is 8.07. The van der Waals surface area contributed by atoms with Crippen molar-refractivity contribution in [1.29, 1.82) is 0 Å². The molecule has 1 aliphatic heterocycles. The number of carbonyl (C=O) groups excluding carboxylic acids is 1. The molecule has 1 atom stereocenters. The van der Waals surface area contributed by atoms with E-state index in [1.165, 1.54) is 18.2 Å². The molecule has 0 radical (unpaired) electrons. The number of hydrogen-bond acceptors (Lipinski definition) is 4. The average Bonchev–Trinajstić information content (AvgIpc) is 2.73. The molecule has 25 heavy (non-hydrogen) atoms. The number of amides is 1. The number of nitrogens with one attached hydrogen (secondary N) is 1. The van der Waals surface area contributed by atoms with Crippen molar-refractivity contribution >= 4 is 17.5 Å². The van der Waals surface area contributed by atoms with Crippen molar-refractivity contribution < 1.29 is 9.18 Å². The minimum atomic E-state index is -0.439. The highest BCUT2D eigenvalue weighted by atomic mass is 35.5. The Morgan fingerprint density at radius 3 is 3.00 bits per heavy atom. The predicted molar refractivity (Wildman–Crippen MR) is 90.7 cm³/mol. The van der Waals surface area contributed by atoms with E-state index < -0.39 is 5.82 Å². The molecule has 3 rings (SSSR count). The van der Waals surface area contributed by atoms with Gasteiger partial charge in [0, 0.05) is 30.6 Å². The summed E-state index contributed by atoms with van der Waals surface area (Å²) in [5, 5.41) is 7.14. The lowest BCUT2D eigenvalue weighted by atomic mass is 10.1. The number of hydrogen-bond donors (Lipinski definition) is 2. The molecule has 3 N–H and O–H groups in total. The molecule has 1 aromatic carbocycles. The van der Waals surface area contributed by atoms with Gasteiger partial charge in [0.25, 0.3) is 0 Å². The zero-order chi connectivity index (χ0) is 18.0. The van der Waals surface area contributed by atoms with Crippen LogP contribution in [0.3, 0.4) is 0 Å². The summed E-state index contributed by atoms with van der Waals surface area (Å²) in [7, 11) is 0. The normalized spacial score (nSPS) is 17.0. The third kappa shape index (κ3) is 4.08. The topological polar surface area (TPSA) is 94.9 Å². The van der Waals surface area contributed by atoms with Crippen molar-refractivity contribution in [2.45, 2.75) is 44.9 Å². The molecule has 2 heterocycles. The summed E-state index contributed by atoms with van der Waals surface area (Å²) >= 11 is 5.92. The maximum absolute atomic E-state index is 13.0. The van der Waals surface area contributed by atoms with Gasteiger partial charge in [-0.25, -0.2) is 13.9 Å². The van der Waals surface area contributed by atoms with Crippen LogP contribution in [0.1, 0.15) is 24.2 Å². The van der Waals surface area contributed by atoms with E-state index in [1.54, 1.807) is 4.57 Å². The number of nitrogens with zero attached hydrogens (tertiary/aromatic N) is 3. The van der Waals surface area contributed by atoms with Gasteiger partial charge in [-0.1, -0.05) is 17.7 Å². The lowest BCUT2D eigenvalue weighted by molar-refractivity contribution is -0.122. The van der Waals surface area contributed by atoms with Gasteiger partial charge in [-0.05, 0) is 30.5 Å². The Balaban J connectivity index is 1.64. The minimum Gasteiger partial charge on any atom is -0.350 e. The van der Waals surface area contributed by atoms with Crippen LogP contribution in [-0.2, 0) is 30.8 Å². The molecule has 0 saturated carbocycles. The van der Waals surface area contributed by atoms with Crippen LogP contribution in [-0.4, -0.2) is 26.3 Å². The third-order valence-corrected chi connectivity index (χ3v) is 4.60. The molecule has 1 amide bonds. The lowest BCUT2D eigenvalue weighted by Gasteiger charge is -2.07. The lowest BCUT2D eigenvalue weighted by Crippen LogP contribution is -2.34. The van der Waals surface area contributed by atoms with E-state index in [0.717, 1.165) is 11.1 Å². The van der Waals surface area contributed by atoms with Gasteiger partial charge in [0.2, 0.25) is 5.91 Å². The summed E-state index contributed by atoms with van der Waals surface area (Å²) in [4.78, 5) is 24.4. The van der Waals surface area contributed by atoms with Crippen LogP contribution in [0.4, 0.5) is 4.39 Å². The Morgan fingerprint density at radius 1 is 1.44 bits per heavy atom. The zero-order valence-electron chi connectivity index (χ0n) is 13.5. The maximum Gasteiger partial charge on any atom is 0.346 e. The first kappa shape index (κ1) is 17.6. The highest BCUT2D eigenvalue weighted by molar-refractivity contribution is 6.31. The summed E-state index contributed by atoms with van der Waals surface area (Å²) in [6, 6.07) is 4.03. The van der Waals surface area contributed by atoms with Crippen LogP contribution < -0.4 is 16.7 Å². The van der Waals surface area contributed by atoms with Gasteiger partial charge in [-0.3, -0.25) is 9.36 Å². The summed E-state index contributed by atoms with van der Waals surface area (Å²) in [6.45, 7) is 0.487. The van der Waals surface area contributed by atoms with Crippen molar-refractivity contribution in [2.75, 3.05) is 0 Å². The number of carbonyl (C=O) groups is 1. The van der Waals surface area contributed by atoms with E-state index in [2.05, 4.69) is 10.4 Å². The number of halogens is 2. The van der Waals surface area contributed by atoms with E-state index in [0.29, 0.717) is 30.8 Å². The van der Waals surface area contributed by atoms with E-state index in [9.17, 15) is 14.0 Å². The smallest absolute Gasteiger partial charge is 0.346 e. The second-order valence-electron chi connectivity index (χ2n) is 6.11. The summed E-state index contributed by atoms with van der Waals surface area (Å²) in [5.74, 6) is -0.148. The minimum absolute atomic E-state index is 0.0679. The molecule has 1 unspecified atom stereocenters. The standard InChI is InChI=1S/C16H19ClFN5O2/c17-13-7-11(18)2-1-10(13)8-20-15(24)9-23-16(25)22-6-5-12(19)3-4-14(22)21-23/h1-2,7,12H,3-6,8-9,19H2,(H,20,24). The molecule has 134 valence electrons. The monoisotopic (exact) mass is 367 g/mol. The predicted octanol–water partition coefficient (Wildman–Crippen LogP) is 0.817. The molecule has 7 nitrogen and oxygen atoms in total. The number of rotatable bonds is 4. The fourth-order valence-corrected chi connectivity index (χ4v) is 3.04. The summed E-state index contributed by atoms with van der Waals surface area (Å²) in [6.07, 6.45) is 2.11. The summed E-state index contributed by atoms with van der Waals surface area (Å²) < 4.78 is 15.8. The first-order valence-corrected chi connectivity index (χ1v) is 8.44. The molecule has 1 aromatic heterocycles. The number of aromatic nitrogens is 3. The van der Waals surface area contributed by atoms with E-state index in [1.807, 2.05) is 0 Å². The molecular weight excluding hydrogens is 349 g/mol. The van der Waals surface area contributed by atoms with Gasteiger partial charge in [-0.15, -0.1) is 0 Å². The van der Waals surface area contributed by atoms with E-state index in [4.69, 9.17) is 17.3 Å². The Bertz CT molecular complexity index is 848. The number of benzene rings is 1. The Kier molecular flexibility index (Phi) is 5.19. The van der Waals surface area contributed by atoms with Crippen molar-refractivity contribution in [1.82, 2.24) is 19.7 Å². The molecule has 0 fully saturated rings. The number of nitrogens with two attached hydrogens (primary N) is 1. The van der Waals surface area contributed by atoms with Crippen LogP contribution >= 0.6 is 11.6 Å². The molecule has 9 heteroatoms. The van der Waals surface area contributed by atoms with Crippen LogP contribution in [0.25, 0.3) is 0 Å². The Labute approximate surface area is 148 Å². The van der Waals surface area contributed by atoms with Crippen molar-refractivity contribution in [2.24, 2.45) is 5.73 Å². The van der Waals surface area contributed by atoms with Gasteiger partial charge in [0.15, 0.2) is 0 Å². The van der Waals surface area contributed by atoms with Crippen molar-refractivity contribution in [3.05, 3.63) is 50.9 Å². The number of aryl methyl sites for hydroxylation is 1. The van der Waals surface area contributed by atoms with Crippen molar-refractivity contribution in [3.63, 3.8) is 0 Å². The van der Waals surface area contributed by atoms with Gasteiger partial charge >= 0.3 is 5.69 Å². The highest BCUT2D eigenvalue weighted by Gasteiger charge is 2.20. The van der Waals surface area contributed by atoms with Crippen molar-refractivity contribution in [3.8, 4) is 0 Å². The fraction of sp³-hybridized carbons (Fsp3) is 0.438. The van der Waals surface area contributed by atoms with E-state index in [-0.39, 0.29) is 35.8 Å². The maximum atomic E-state index is 13.0. The SMILES string of the molecule is NC1CCc2nn(CC(=O)NCc3ccc(F)cc3Cl)c(=O)n2CC1. The largest absolute Gasteiger partial charge is 0.350 e. The average molecular weight is 368 g/mol. The quantitative estimate of drug-likeness (QED) is 0.836. The number of fused-ring (bicyclic) bond motifs is 1. The second-order valence-corrected chi connectivity index (χ2v) is 6.52. The second kappa shape index (κ2) is 7.37. The summed E-state index contributed by atoms with van der Waals surface area (Å²) in [5.41, 5.74) is 6.20. The van der Waals surface area contributed by atoms with Gasteiger partial charge in [-0.2, -0.15) is 5.10 Å². The van der Waals surface area contributed by atoms with Crippen LogP contribution in [0, 0.1) is 5.82 Å². The molecule has 0 bridgehead atoms. The van der Waals surface area contributed by atoms with Crippen LogP contribution in [0.15, 0.2) is 23.0 Å². The molecular formula is C16H19ClFN5O2. The molecule has 2 aromatic rings. The molecule has 1 aliphatic rings. The molecule has 0 aliphatic carbocycles. The molecule has 0 saturated heterocycles. The Hall–Kier alpha value is -2.19. The highest BCUT2D eigenvalue weighted by Crippen LogP contribution is 2.16. The molecule has 0 spiro atoms. The first-order chi connectivity index (χ1) is 11.9. The van der Waals surface area contributed by atoms with Gasteiger partial charge < -0.3 is 11.1 Å². The zero-order valence-corrected chi connectivity index (χ0v) is 14.3. The van der Waals surface area contributed by atoms with Gasteiger partial charge in [0.05, 0.1) is 0 Å².